The molecule has 0 aliphatic rings. The molecular formula is C17H15Cl4N3O2S. The van der Waals surface area contributed by atoms with Crippen molar-refractivity contribution in [2.45, 2.75) is 9.96 Å². The molecule has 2 aromatic carbocycles. The number of methoxy groups -OCH3 is 1. The van der Waals surface area contributed by atoms with Gasteiger partial charge in [-0.25, -0.2) is 0 Å². The summed E-state index contributed by atoms with van der Waals surface area (Å²) in [6, 6.07) is 13.3. The quantitative estimate of drug-likeness (QED) is 0.337. The van der Waals surface area contributed by atoms with Gasteiger partial charge in [-0.2, -0.15) is 0 Å². The van der Waals surface area contributed by atoms with E-state index in [0.717, 1.165) is 0 Å². The topological polar surface area (TPSA) is 62.4 Å². The maximum absolute atomic E-state index is 12.4. The van der Waals surface area contributed by atoms with Crippen molar-refractivity contribution < 1.29 is 9.53 Å². The molecule has 10 heteroatoms. The molecule has 0 heterocycles. The number of anilines is 1. The Kier molecular flexibility index (Phi) is 7.82. The van der Waals surface area contributed by atoms with Crippen LogP contribution in [0.5, 0.6) is 5.75 Å². The predicted octanol–water partition coefficient (Wildman–Crippen LogP) is 4.76. The second-order valence-corrected chi connectivity index (χ2v) is 8.50. The summed E-state index contributed by atoms with van der Waals surface area (Å²) in [4.78, 5) is 12.4. The highest BCUT2D eigenvalue weighted by molar-refractivity contribution is 7.80. The number of benzene rings is 2. The standard InChI is InChI=1S/C17H15Cl4N3O2S/c1-26-13-8-2-10(3-9-13)14(25)23-15(17(19,20)21)24-16(27)22-12-6-4-11(18)5-7-12/h2-9,15H,1H3,(H,23,25)(H2,22,24,27)/t15-/m0/s1. The summed E-state index contributed by atoms with van der Waals surface area (Å²) in [6.45, 7) is 0. The van der Waals surface area contributed by atoms with Crippen LogP contribution in [0.1, 0.15) is 10.4 Å². The number of amides is 1. The van der Waals surface area contributed by atoms with Gasteiger partial charge in [0, 0.05) is 16.3 Å². The molecule has 0 bridgehead atoms. The third kappa shape index (κ3) is 6.90. The number of hydrogen-bond acceptors (Lipinski definition) is 3. The van der Waals surface area contributed by atoms with Crippen molar-refractivity contribution >= 4 is 75.3 Å². The highest BCUT2D eigenvalue weighted by Gasteiger charge is 2.34. The number of carbonyl (C=O) groups excluding carboxylic acids is 1. The Hall–Kier alpha value is -1.44. The molecule has 2 aromatic rings. The van der Waals surface area contributed by atoms with Gasteiger partial charge in [-0.15, -0.1) is 0 Å². The summed E-state index contributed by atoms with van der Waals surface area (Å²) < 4.78 is 3.21. The van der Waals surface area contributed by atoms with Crippen molar-refractivity contribution in [3.63, 3.8) is 0 Å². The van der Waals surface area contributed by atoms with Crippen molar-refractivity contribution in [1.82, 2.24) is 10.6 Å². The molecule has 0 fully saturated rings. The van der Waals surface area contributed by atoms with Gasteiger partial charge < -0.3 is 20.7 Å². The molecule has 0 aliphatic carbocycles. The Morgan fingerprint density at radius 1 is 1.04 bits per heavy atom. The van der Waals surface area contributed by atoms with E-state index >= 15 is 0 Å². The largest absolute Gasteiger partial charge is 0.497 e. The Labute approximate surface area is 182 Å². The van der Waals surface area contributed by atoms with Crippen LogP contribution in [0, 0.1) is 0 Å². The lowest BCUT2D eigenvalue weighted by atomic mass is 10.2. The van der Waals surface area contributed by atoms with E-state index in [9.17, 15) is 4.79 Å². The molecule has 1 amide bonds. The van der Waals surface area contributed by atoms with E-state index in [1.165, 1.54) is 7.11 Å². The van der Waals surface area contributed by atoms with Crippen LogP contribution in [0.4, 0.5) is 5.69 Å². The predicted molar refractivity (Wildman–Crippen MR) is 115 cm³/mol. The van der Waals surface area contributed by atoms with Gasteiger partial charge in [0.05, 0.1) is 7.11 Å². The Morgan fingerprint density at radius 3 is 2.15 bits per heavy atom. The SMILES string of the molecule is COc1ccc(C(=O)N[C@@H](NC(=S)Nc2ccc(Cl)cc2)C(Cl)(Cl)Cl)cc1. The van der Waals surface area contributed by atoms with E-state index in [-0.39, 0.29) is 5.11 Å². The number of halogens is 4. The van der Waals surface area contributed by atoms with Gasteiger partial charge in [-0.05, 0) is 60.7 Å². The summed E-state index contributed by atoms with van der Waals surface area (Å²) in [6.07, 6.45) is -1.08. The second kappa shape index (κ2) is 9.66. The number of alkyl halides is 3. The summed E-state index contributed by atoms with van der Waals surface area (Å²) in [7, 11) is 1.53. The van der Waals surface area contributed by atoms with E-state index in [1.54, 1.807) is 48.5 Å². The van der Waals surface area contributed by atoms with Crippen molar-refractivity contribution in [3.05, 3.63) is 59.1 Å². The van der Waals surface area contributed by atoms with Crippen LogP contribution in [0.3, 0.4) is 0 Å². The zero-order valence-electron chi connectivity index (χ0n) is 13.9. The molecule has 27 heavy (non-hydrogen) atoms. The van der Waals surface area contributed by atoms with Crippen LogP contribution in [-0.4, -0.2) is 28.1 Å². The van der Waals surface area contributed by atoms with Crippen molar-refractivity contribution in [3.8, 4) is 5.75 Å². The number of carbonyl (C=O) groups is 1. The third-order valence-corrected chi connectivity index (χ3v) is 4.46. The Morgan fingerprint density at radius 2 is 1.63 bits per heavy atom. The molecular weight excluding hydrogens is 452 g/mol. The molecule has 0 spiro atoms. The zero-order valence-corrected chi connectivity index (χ0v) is 17.8. The first-order chi connectivity index (χ1) is 12.7. The number of hydrogen-bond donors (Lipinski definition) is 3. The van der Waals surface area contributed by atoms with Crippen molar-refractivity contribution in [2.24, 2.45) is 0 Å². The molecule has 0 saturated heterocycles. The smallest absolute Gasteiger partial charge is 0.252 e. The number of nitrogens with one attached hydrogen (secondary N) is 3. The van der Waals surface area contributed by atoms with Gasteiger partial charge in [0.2, 0.25) is 3.79 Å². The first-order valence-electron chi connectivity index (χ1n) is 7.54. The molecule has 2 rings (SSSR count). The van der Waals surface area contributed by atoms with Crippen LogP contribution in [0.25, 0.3) is 0 Å². The van der Waals surface area contributed by atoms with Gasteiger partial charge >= 0.3 is 0 Å². The fourth-order valence-corrected chi connectivity index (χ4v) is 2.68. The summed E-state index contributed by atoms with van der Waals surface area (Å²) in [5, 5.41) is 9.04. The molecule has 0 saturated carbocycles. The van der Waals surface area contributed by atoms with E-state index < -0.39 is 15.9 Å². The lowest BCUT2D eigenvalue weighted by Gasteiger charge is -2.27. The van der Waals surface area contributed by atoms with E-state index in [1.807, 2.05) is 0 Å². The monoisotopic (exact) mass is 465 g/mol. The van der Waals surface area contributed by atoms with Gasteiger partial charge in [0.25, 0.3) is 5.91 Å². The van der Waals surface area contributed by atoms with Crippen LogP contribution in [0.2, 0.25) is 5.02 Å². The lowest BCUT2D eigenvalue weighted by Crippen LogP contribution is -2.56. The average Bonchev–Trinajstić information content (AvgIpc) is 2.62. The number of thiocarbonyl (C=S) groups is 1. The van der Waals surface area contributed by atoms with Crippen LogP contribution in [-0.2, 0) is 0 Å². The van der Waals surface area contributed by atoms with Crippen molar-refractivity contribution in [1.29, 1.82) is 0 Å². The fourth-order valence-electron chi connectivity index (χ4n) is 1.99. The van der Waals surface area contributed by atoms with Gasteiger partial charge in [0.1, 0.15) is 11.9 Å². The first-order valence-corrected chi connectivity index (χ1v) is 9.46. The molecule has 3 N–H and O–H groups in total. The molecule has 0 aromatic heterocycles. The third-order valence-electron chi connectivity index (χ3n) is 3.33. The lowest BCUT2D eigenvalue weighted by molar-refractivity contribution is 0.0934. The van der Waals surface area contributed by atoms with Crippen molar-refractivity contribution in [2.75, 3.05) is 12.4 Å². The van der Waals surface area contributed by atoms with Crippen LogP contribution >= 0.6 is 58.6 Å². The number of rotatable bonds is 5. The molecule has 0 unspecified atom stereocenters. The van der Waals surface area contributed by atoms with Gasteiger partial charge in [-0.3, -0.25) is 4.79 Å². The minimum Gasteiger partial charge on any atom is -0.497 e. The van der Waals surface area contributed by atoms with Gasteiger partial charge in [0.15, 0.2) is 5.11 Å². The summed E-state index contributed by atoms with van der Waals surface area (Å²) >= 11 is 29.0. The molecule has 5 nitrogen and oxygen atoms in total. The minimum atomic E-state index is -1.85. The Balaban J connectivity index is 2.04. The Bertz CT molecular complexity index is 795. The normalized spacial score (nSPS) is 12.0. The molecule has 144 valence electrons. The van der Waals surface area contributed by atoms with E-state index in [2.05, 4.69) is 16.0 Å². The molecule has 1 atom stereocenters. The van der Waals surface area contributed by atoms with E-state index in [4.69, 9.17) is 63.4 Å². The highest BCUT2D eigenvalue weighted by atomic mass is 35.6. The molecule has 0 aliphatic heterocycles. The summed E-state index contributed by atoms with van der Waals surface area (Å²) in [5.74, 6) is 0.173. The first kappa shape index (κ1) is 21.9. The minimum absolute atomic E-state index is 0.156. The highest BCUT2D eigenvalue weighted by Crippen LogP contribution is 2.29. The fraction of sp³-hybridized carbons (Fsp3) is 0.176. The summed E-state index contributed by atoms with van der Waals surface area (Å²) in [5.41, 5.74) is 1.05. The second-order valence-electron chi connectivity index (χ2n) is 5.28. The zero-order chi connectivity index (χ0) is 20.0. The van der Waals surface area contributed by atoms with Crippen LogP contribution < -0.4 is 20.7 Å². The molecule has 0 radical (unpaired) electrons. The average molecular weight is 467 g/mol. The van der Waals surface area contributed by atoms with E-state index in [0.29, 0.717) is 22.0 Å². The maximum atomic E-state index is 12.4. The van der Waals surface area contributed by atoms with Crippen LogP contribution in [0.15, 0.2) is 48.5 Å². The number of ether oxygens (including phenoxy) is 1. The van der Waals surface area contributed by atoms with Gasteiger partial charge in [-0.1, -0.05) is 46.4 Å². The maximum Gasteiger partial charge on any atom is 0.252 e.